The van der Waals surface area contributed by atoms with Gasteiger partial charge in [-0.3, -0.25) is 4.98 Å². The Morgan fingerprint density at radius 2 is 1.88 bits per heavy atom. The Labute approximate surface area is 109 Å². The molecule has 1 aliphatic rings. The van der Waals surface area contributed by atoms with E-state index in [1.807, 2.05) is 12.4 Å². The van der Waals surface area contributed by atoms with E-state index in [1.54, 1.807) is 0 Å². The Hall–Kier alpha value is -1.35. The molecule has 0 unspecified atom stereocenters. The molecule has 2 aromatic rings. The topological polar surface area (TPSA) is 16.1 Å². The van der Waals surface area contributed by atoms with Crippen molar-refractivity contribution >= 4 is 21.6 Å². The van der Waals surface area contributed by atoms with E-state index < -0.39 is 0 Å². The van der Waals surface area contributed by atoms with Crippen LogP contribution in [-0.4, -0.2) is 18.1 Å². The van der Waals surface area contributed by atoms with Crippen LogP contribution >= 0.6 is 15.9 Å². The summed E-state index contributed by atoms with van der Waals surface area (Å²) in [5, 5.41) is 0. The van der Waals surface area contributed by atoms with Gasteiger partial charge in [-0.25, -0.2) is 0 Å². The molecule has 0 N–H and O–H groups in total. The number of pyridine rings is 1. The highest BCUT2D eigenvalue weighted by molar-refractivity contribution is 9.10. The summed E-state index contributed by atoms with van der Waals surface area (Å²) in [7, 11) is 0. The van der Waals surface area contributed by atoms with Crippen LogP contribution in [0.2, 0.25) is 0 Å². The minimum atomic E-state index is 0.663. The molecule has 86 valence electrons. The van der Waals surface area contributed by atoms with Crippen LogP contribution in [0.1, 0.15) is 11.5 Å². The standard InChI is InChI=1S/C14H13BrN2/c15-13-8-16-7-6-14(13)17-9-12(10-17)11-4-2-1-3-5-11/h1-8,12H,9-10H2. The average Bonchev–Trinajstić information content (AvgIpc) is 2.31. The molecule has 17 heavy (non-hydrogen) atoms. The van der Waals surface area contributed by atoms with Crippen molar-refractivity contribution in [1.82, 2.24) is 4.98 Å². The lowest BCUT2D eigenvalue weighted by Gasteiger charge is -2.41. The molecule has 0 bridgehead atoms. The zero-order valence-corrected chi connectivity index (χ0v) is 11.0. The van der Waals surface area contributed by atoms with E-state index in [9.17, 15) is 0 Å². The smallest absolute Gasteiger partial charge is 0.0592 e. The van der Waals surface area contributed by atoms with Gasteiger partial charge in [0.25, 0.3) is 0 Å². The number of benzene rings is 1. The Balaban J connectivity index is 1.72. The molecule has 0 spiro atoms. The minimum Gasteiger partial charge on any atom is -0.369 e. The lowest BCUT2D eigenvalue weighted by Crippen LogP contribution is -2.45. The second kappa shape index (κ2) is 4.49. The summed E-state index contributed by atoms with van der Waals surface area (Å²) in [6.45, 7) is 2.18. The van der Waals surface area contributed by atoms with Crippen LogP contribution in [-0.2, 0) is 0 Å². The Morgan fingerprint density at radius 1 is 1.12 bits per heavy atom. The summed E-state index contributed by atoms with van der Waals surface area (Å²) < 4.78 is 1.08. The van der Waals surface area contributed by atoms with Crippen LogP contribution in [0.3, 0.4) is 0 Å². The third-order valence-corrected chi connectivity index (χ3v) is 3.86. The van der Waals surface area contributed by atoms with Crippen molar-refractivity contribution in [3.63, 3.8) is 0 Å². The molecular weight excluding hydrogens is 276 g/mol. The number of nitrogens with zero attached hydrogens (tertiary/aromatic N) is 2. The molecular formula is C14H13BrN2. The molecule has 0 aliphatic carbocycles. The molecule has 1 aromatic carbocycles. The SMILES string of the molecule is Brc1cnccc1N1CC(c2ccccc2)C1. The molecule has 0 amide bonds. The maximum atomic E-state index is 4.09. The van der Waals surface area contributed by atoms with E-state index in [1.165, 1.54) is 11.3 Å². The van der Waals surface area contributed by atoms with E-state index in [0.29, 0.717) is 5.92 Å². The fraction of sp³-hybridized carbons (Fsp3) is 0.214. The van der Waals surface area contributed by atoms with Crippen LogP contribution in [0.5, 0.6) is 0 Å². The minimum absolute atomic E-state index is 0.663. The number of hydrogen-bond donors (Lipinski definition) is 0. The van der Waals surface area contributed by atoms with Crippen molar-refractivity contribution < 1.29 is 0 Å². The van der Waals surface area contributed by atoms with Gasteiger partial charge in [0, 0.05) is 31.4 Å². The molecule has 1 aromatic heterocycles. The Morgan fingerprint density at radius 3 is 2.59 bits per heavy atom. The normalized spacial score (nSPS) is 15.7. The maximum absolute atomic E-state index is 4.09. The zero-order chi connectivity index (χ0) is 11.7. The third kappa shape index (κ3) is 2.07. The number of rotatable bonds is 2. The fourth-order valence-corrected chi connectivity index (χ4v) is 2.74. The Bertz CT molecular complexity index is 507. The highest BCUT2D eigenvalue weighted by Gasteiger charge is 2.28. The van der Waals surface area contributed by atoms with Gasteiger partial charge in [-0.05, 0) is 27.6 Å². The first-order valence-electron chi connectivity index (χ1n) is 5.74. The van der Waals surface area contributed by atoms with Crippen molar-refractivity contribution in [3.05, 3.63) is 58.8 Å². The van der Waals surface area contributed by atoms with E-state index in [-0.39, 0.29) is 0 Å². The van der Waals surface area contributed by atoms with Gasteiger partial charge in [-0.1, -0.05) is 30.3 Å². The van der Waals surface area contributed by atoms with Crippen LogP contribution in [0.4, 0.5) is 5.69 Å². The van der Waals surface area contributed by atoms with Crippen molar-refractivity contribution in [3.8, 4) is 0 Å². The molecule has 1 aliphatic heterocycles. The van der Waals surface area contributed by atoms with E-state index in [2.05, 4.69) is 62.2 Å². The lowest BCUT2D eigenvalue weighted by molar-refractivity contribution is 0.524. The van der Waals surface area contributed by atoms with Gasteiger partial charge in [-0.15, -0.1) is 0 Å². The quantitative estimate of drug-likeness (QED) is 0.842. The second-order valence-corrected chi connectivity index (χ2v) is 5.19. The monoisotopic (exact) mass is 288 g/mol. The number of anilines is 1. The highest BCUT2D eigenvalue weighted by atomic mass is 79.9. The summed E-state index contributed by atoms with van der Waals surface area (Å²) in [6, 6.07) is 12.8. The molecule has 0 atom stereocenters. The maximum Gasteiger partial charge on any atom is 0.0592 e. The molecule has 3 rings (SSSR count). The number of halogens is 1. The van der Waals surface area contributed by atoms with Gasteiger partial charge >= 0.3 is 0 Å². The number of hydrogen-bond acceptors (Lipinski definition) is 2. The van der Waals surface area contributed by atoms with Crippen LogP contribution in [0.25, 0.3) is 0 Å². The van der Waals surface area contributed by atoms with Crippen molar-refractivity contribution in [1.29, 1.82) is 0 Å². The van der Waals surface area contributed by atoms with Gasteiger partial charge in [0.1, 0.15) is 0 Å². The van der Waals surface area contributed by atoms with E-state index in [4.69, 9.17) is 0 Å². The fourth-order valence-electron chi connectivity index (χ4n) is 2.24. The first-order chi connectivity index (χ1) is 8.34. The zero-order valence-electron chi connectivity index (χ0n) is 9.38. The van der Waals surface area contributed by atoms with E-state index >= 15 is 0 Å². The third-order valence-electron chi connectivity index (χ3n) is 3.24. The van der Waals surface area contributed by atoms with Gasteiger partial charge in [0.15, 0.2) is 0 Å². The molecule has 1 saturated heterocycles. The van der Waals surface area contributed by atoms with Crippen LogP contribution < -0.4 is 4.90 Å². The van der Waals surface area contributed by atoms with Crippen molar-refractivity contribution in [2.75, 3.05) is 18.0 Å². The summed E-state index contributed by atoms with van der Waals surface area (Å²) in [5.41, 5.74) is 2.68. The van der Waals surface area contributed by atoms with Gasteiger partial charge in [0.2, 0.25) is 0 Å². The largest absolute Gasteiger partial charge is 0.369 e. The molecule has 1 fully saturated rings. The van der Waals surface area contributed by atoms with E-state index in [0.717, 1.165) is 17.6 Å². The molecule has 2 nitrogen and oxygen atoms in total. The first kappa shape index (κ1) is 10.8. The molecule has 3 heteroatoms. The molecule has 0 radical (unpaired) electrons. The number of aromatic nitrogens is 1. The lowest BCUT2D eigenvalue weighted by atomic mass is 9.91. The van der Waals surface area contributed by atoms with Crippen LogP contribution in [0, 0.1) is 0 Å². The van der Waals surface area contributed by atoms with Crippen molar-refractivity contribution in [2.45, 2.75) is 5.92 Å². The predicted molar refractivity (Wildman–Crippen MR) is 73.3 cm³/mol. The van der Waals surface area contributed by atoms with Gasteiger partial charge in [-0.2, -0.15) is 0 Å². The van der Waals surface area contributed by atoms with Gasteiger partial charge < -0.3 is 4.90 Å². The summed E-state index contributed by atoms with van der Waals surface area (Å²) in [5.74, 6) is 0.663. The summed E-state index contributed by atoms with van der Waals surface area (Å²) in [6.07, 6.45) is 3.70. The Kier molecular flexibility index (Phi) is 2.85. The first-order valence-corrected chi connectivity index (χ1v) is 6.53. The second-order valence-electron chi connectivity index (χ2n) is 4.34. The van der Waals surface area contributed by atoms with Crippen molar-refractivity contribution in [2.24, 2.45) is 0 Å². The average molecular weight is 289 g/mol. The van der Waals surface area contributed by atoms with Gasteiger partial charge in [0.05, 0.1) is 10.2 Å². The predicted octanol–water partition coefficient (Wildman–Crippen LogP) is 3.45. The summed E-state index contributed by atoms with van der Waals surface area (Å²) >= 11 is 3.54. The van der Waals surface area contributed by atoms with Crippen LogP contribution in [0.15, 0.2) is 53.3 Å². The molecule has 2 heterocycles. The summed E-state index contributed by atoms with van der Waals surface area (Å²) in [4.78, 5) is 6.47. The molecule has 0 saturated carbocycles. The highest BCUT2D eigenvalue weighted by Crippen LogP contribution is 2.34.